The highest BCUT2D eigenvalue weighted by Crippen LogP contribution is 2.17. The molecule has 0 radical (unpaired) electrons. The van der Waals surface area contributed by atoms with Gasteiger partial charge < -0.3 is 10.2 Å². The summed E-state index contributed by atoms with van der Waals surface area (Å²) in [7, 11) is 0. The van der Waals surface area contributed by atoms with Crippen LogP contribution in [0.15, 0.2) is 0 Å². The molecule has 2 unspecified atom stereocenters. The van der Waals surface area contributed by atoms with Crippen molar-refractivity contribution in [3.05, 3.63) is 0 Å². The van der Waals surface area contributed by atoms with Crippen molar-refractivity contribution in [1.82, 2.24) is 0 Å². The molecule has 0 spiro atoms. The first-order valence-corrected chi connectivity index (χ1v) is 15.1. The summed E-state index contributed by atoms with van der Waals surface area (Å²) in [4.78, 5) is 0. The number of aliphatic hydroxyl groups excluding tert-OH is 2. The molecule has 0 saturated carbocycles. The van der Waals surface area contributed by atoms with E-state index in [9.17, 15) is 10.2 Å². The van der Waals surface area contributed by atoms with Crippen molar-refractivity contribution in [3.8, 4) is 0 Å². The predicted molar refractivity (Wildman–Crippen MR) is 143 cm³/mol. The number of unbranched alkanes of at least 4 members (excludes halogenated alkanes) is 22. The van der Waals surface area contributed by atoms with Crippen LogP contribution in [0.5, 0.6) is 0 Å². The summed E-state index contributed by atoms with van der Waals surface area (Å²) in [6.45, 7) is 4.55. The summed E-state index contributed by atoms with van der Waals surface area (Å²) in [5, 5.41) is 20.4. The second-order valence-electron chi connectivity index (χ2n) is 10.5. The maximum absolute atomic E-state index is 10.2. The molecule has 2 N–H and O–H groups in total. The Hall–Kier alpha value is -0.0800. The van der Waals surface area contributed by atoms with Crippen molar-refractivity contribution < 1.29 is 10.2 Å². The maximum atomic E-state index is 10.2. The highest BCUT2D eigenvalue weighted by atomic mass is 16.3. The second-order valence-corrected chi connectivity index (χ2v) is 10.5. The zero-order valence-corrected chi connectivity index (χ0v) is 22.4. The average molecular weight is 455 g/mol. The molecule has 0 rings (SSSR count). The Morgan fingerprint density at radius 2 is 0.500 bits per heavy atom. The summed E-state index contributed by atoms with van der Waals surface area (Å²) in [6.07, 6.45) is 32.7. The van der Waals surface area contributed by atoms with E-state index in [1.165, 1.54) is 141 Å². The van der Waals surface area contributed by atoms with E-state index in [4.69, 9.17) is 0 Å². The van der Waals surface area contributed by atoms with E-state index in [-0.39, 0.29) is 0 Å². The molecule has 0 fully saturated rings. The van der Waals surface area contributed by atoms with Gasteiger partial charge in [0.25, 0.3) is 0 Å². The summed E-state index contributed by atoms with van der Waals surface area (Å²) >= 11 is 0. The third-order valence-corrected chi connectivity index (χ3v) is 7.15. The predicted octanol–water partition coefficient (Wildman–Crippen LogP) is 9.89. The van der Waals surface area contributed by atoms with Crippen molar-refractivity contribution in [2.45, 2.75) is 193 Å². The van der Waals surface area contributed by atoms with Gasteiger partial charge in [0.15, 0.2) is 0 Å². The molecule has 0 aromatic heterocycles. The normalized spacial score (nSPS) is 13.5. The monoisotopic (exact) mass is 454 g/mol. The van der Waals surface area contributed by atoms with Gasteiger partial charge in [0, 0.05) is 0 Å². The number of aliphatic hydroxyl groups is 2. The lowest BCUT2D eigenvalue weighted by Gasteiger charge is -2.17. The lowest BCUT2D eigenvalue weighted by Crippen LogP contribution is -2.25. The van der Waals surface area contributed by atoms with Crippen molar-refractivity contribution >= 4 is 0 Å². The van der Waals surface area contributed by atoms with Gasteiger partial charge in [-0.15, -0.1) is 0 Å². The maximum Gasteiger partial charge on any atom is 0.0799 e. The van der Waals surface area contributed by atoms with E-state index < -0.39 is 12.2 Å². The summed E-state index contributed by atoms with van der Waals surface area (Å²) in [6, 6.07) is 0. The van der Waals surface area contributed by atoms with Crippen LogP contribution < -0.4 is 0 Å². The van der Waals surface area contributed by atoms with Gasteiger partial charge in [-0.25, -0.2) is 0 Å². The molecule has 2 nitrogen and oxygen atoms in total. The van der Waals surface area contributed by atoms with Crippen LogP contribution in [0.1, 0.15) is 181 Å². The summed E-state index contributed by atoms with van der Waals surface area (Å²) in [5.74, 6) is 0. The first kappa shape index (κ1) is 31.9. The Bertz CT molecular complexity index is 299. The minimum Gasteiger partial charge on any atom is -0.390 e. The van der Waals surface area contributed by atoms with Gasteiger partial charge in [0.05, 0.1) is 12.2 Å². The minimum atomic E-state index is -0.508. The minimum absolute atomic E-state index is 0.508. The fraction of sp³-hybridized carbons (Fsp3) is 1.00. The van der Waals surface area contributed by atoms with E-state index in [1.807, 2.05) is 0 Å². The van der Waals surface area contributed by atoms with Crippen LogP contribution >= 0.6 is 0 Å². The SMILES string of the molecule is CCCCCCCCCCCCCCC(O)C(O)CCCCCCCCCCCCCC. The molecule has 0 bridgehead atoms. The topological polar surface area (TPSA) is 40.5 Å². The van der Waals surface area contributed by atoms with Gasteiger partial charge >= 0.3 is 0 Å². The molecule has 2 heteroatoms. The zero-order chi connectivity index (χ0) is 23.5. The molecule has 2 atom stereocenters. The van der Waals surface area contributed by atoms with Crippen LogP contribution in [0.2, 0.25) is 0 Å². The van der Waals surface area contributed by atoms with Gasteiger partial charge in [0.2, 0.25) is 0 Å². The van der Waals surface area contributed by atoms with Crippen LogP contribution in [0.3, 0.4) is 0 Å². The number of hydrogen-bond donors (Lipinski definition) is 2. The van der Waals surface area contributed by atoms with Crippen molar-refractivity contribution in [3.63, 3.8) is 0 Å². The van der Waals surface area contributed by atoms with Gasteiger partial charge in [-0.2, -0.15) is 0 Å². The Labute approximate surface area is 203 Å². The molecule has 0 aromatic rings. The largest absolute Gasteiger partial charge is 0.390 e. The molecule has 0 aliphatic carbocycles. The lowest BCUT2D eigenvalue weighted by atomic mass is 9.99. The molecule has 0 amide bonds. The quantitative estimate of drug-likeness (QED) is 0.121. The fourth-order valence-electron chi connectivity index (χ4n) is 4.77. The van der Waals surface area contributed by atoms with Crippen LogP contribution in [-0.4, -0.2) is 22.4 Å². The fourth-order valence-corrected chi connectivity index (χ4v) is 4.77. The molecule has 32 heavy (non-hydrogen) atoms. The third-order valence-electron chi connectivity index (χ3n) is 7.15. The molecule has 0 heterocycles. The zero-order valence-electron chi connectivity index (χ0n) is 22.4. The molecule has 0 aromatic carbocycles. The van der Waals surface area contributed by atoms with Crippen LogP contribution in [0.25, 0.3) is 0 Å². The summed E-state index contributed by atoms with van der Waals surface area (Å²) < 4.78 is 0. The lowest BCUT2D eigenvalue weighted by molar-refractivity contribution is 0.00711. The third kappa shape index (κ3) is 24.6. The first-order chi connectivity index (χ1) is 15.7. The van der Waals surface area contributed by atoms with E-state index >= 15 is 0 Å². The molecular weight excluding hydrogens is 392 g/mol. The molecule has 0 aliphatic heterocycles. The molecular formula is C30H62O2. The van der Waals surface area contributed by atoms with Crippen molar-refractivity contribution in [2.75, 3.05) is 0 Å². The Balaban J connectivity index is 3.28. The van der Waals surface area contributed by atoms with Gasteiger partial charge in [-0.3, -0.25) is 0 Å². The first-order valence-electron chi connectivity index (χ1n) is 15.1. The molecule has 0 aliphatic rings. The Morgan fingerprint density at radius 3 is 0.719 bits per heavy atom. The van der Waals surface area contributed by atoms with E-state index in [2.05, 4.69) is 13.8 Å². The number of rotatable bonds is 27. The van der Waals surface area contributed by atoms with Crippen molar-refractivity contribution in [1.29, 1.82) is 0 Å². The Morgan fingerprint density at radius 1 is 0.312 bits per heavy atom. The molecule has 194 valence electrons. The van der Waals surface area contributed by atoms with Crippen LogP contribution in [-0.2, 0) is 0 Å². The highest BCUT2D eigenvalue weighted by molar-refractivity contribution is 4.67. The van der Waals surface area contributed by atoms with Gasteiger partial charge in [0.1, 0.15) is 0 Å². The van der Waals surface area contributed by atoms with E-state index in [0.29, 0.717) is 0 Å². The Kier molecular flexibility index (Phi) is 27.1. The smallest absolute Gasteiger partial charge is 0.0799 e. The average Bonchev–Trinajstić information content (AvgIpc) is 2.80. The van der Waals surface area contributed by atoms with Gasteiger partial charge in [-0.05, 0) is 12.8 Å². The van der Waals surface area contributed by atoms with E-state index in [0.717, 1.165) is 25.7 Å². The second kappa shape index (κ2) is 27.2. The van der Waals surface area contributed by atoms with Crippen molar-refractivity contribution in [2.24, 2.45) is 0 Å². The standard InChI is InChI=1S/C30H62O2/c1-3-5-7-9-11-13-15-17-19-21-23-25-27-29(31)30(32)28-26-24-22-20-18-16-14-12-10-8-6-4-2/h29-32H,3-28H2,1-2H3. The van der Waals surface area contributed by atoms with E-state index in [1.54, 1.807) is 0 Å². The highest BCUT2D eigenvalue weighted by Gasteiger charge is 2.15. The number of hydrogen-bond acceptors (Lipinski definition) is 2. The van der Waals surface area contributed by atoms with Crippen LogP contribution in [0.4, 0.5) is 0 Å². The summed E-state index contributed by atoms with van der Waals surface area (Å²) in [5.41, 5.74) is 0. The van der Waals surface area contributed by atoms with Gasteiger partial charge in [-0.1, -0.05) is 168 Å². The van der Waals surface area contributed by atoms with Crippen LogP contribution in [0, 0.1) is 0 Å². The molecule has 0 saturated heterocycles.